The highest BCUT2D eigenvalue weighted by molar-refractivity contribution is 5.91. The van der Waals surface area contributed by atoms with E-state index in [1.54, 1.807) is 17.1 Å². The van der Waals surface area contributed by atoms with E-state index in [1.807, 2.05) is 55.5 Å². The summed E-state index contributed by atoms with van der Waals surface area (Å²) in [5.74, 6) is 1.24. The van der Waals surface area contributed by atoms with E-state index in [0.717, 1.165) is 17.7 Å². The SMILES string of the molecule is CCc1ccc(OCn2cc(NC(=O)COc3ccccc3C)cn2)cc1. The Balaban J connectivity index is 1.47. The molecule has 6 nitrogen and oxygen atoms in total. The van der Waals surface area contributed by atoms with E-state index >= 15 is 0 Å². The van der Waals surface area contributed by atoms with E-state index in [-0.39, 0.29) is 19.2 Å². The van der Waals surface area contributed by atoms with Crippen molar-refractivity contribution in [3.63, 3.8) is 0 Å². The van der Waals surface area contributed by atoms with E-state index in [2.05, 4.69) is 17.3 Å². The second-order valence-electron chi connectivity index (χ2n) is 6.14. The number of hydrogen-bond donors (Lipinski definition) is 1. The third kappa shape index (κ3) is 5.34. The predicted octanol–water partition coefficient (Wildman–Crippen LogP) is 3.81. The maximum Gasteiger partial charge on any atom is 0.262 e. The average Bonchev–Trinajstić information content (AvgIpc) is 3.13. The van der Waals surface area contributed by atoms with Crippen molar-refractivity contribution < 1.29 is 14.3 Å². The first-order valence-corrected chi connectivity index (χ1v) is 8.86. The Hall–Kier alpha value is -3.28. The number of nitrogens with one attached hydrogen (secondary N) is 1. The molecule has 0 unspecified atom stereocenters. The lowest BCUT2D eigenvalue weighted by atomic mass is 10.2. The van der Waals surface area contributed by atoms with Crippen molar-refractivity contribution in [2.75, 3.05) is 11.9 Å². The molecule has 140 valence electrons. The number of carbonyl (C=O) groups excluding carboxylic acids is 1. The molecule has 0 aliphatic carbocycles. The van der Waals surface area contributed by atoms with E-state index in [0.29, 0.717) is 11.4 Å². The quantitative estimate of drug-likeness (QED) is 0.659. The maximum atomic E-state index is 12.0. The van der Waals surface area contributed by atoms with Gasteiger partial charge >= 0.3 is 0 Å². The molecule has 0 radical (unpaired) electrons. The van der Waals surface area contributed by atoms with Crippen LogP contribution in [0.4, 0.5) is 5.69 Å². The summed E-state index contributed by atoms with van der Waals surface area (Å²) in [6.45, 7) is 4.26. The minimum absolute atomic E-state index is 0.0592. The van der Waals surface area contributed by atoms with Gasteiger partial charge in [0, 0.05) is 0 Å². The Morgan fingerprint density at radius 2 is 1.89 bits per heavy atom. The highest BCUT2D eigenvalue weighted by Gasteiger charge is 2.07. The van der Waals surface area contributed by atoms with Crippen LogP contribution in [0.5, 0.6) is 11.5 Å². The molecule has 0 fully saturated rings. The minimum Gasteiger partial charge on any atom is -0.483 e. The van der Waals surface area contributed by atoms with Gasteiger partial charge < -0.3 is 14.8 Å². The van der Waals surface area contributed by atoms with Crippen molar-refractivity contribution in [3.8, 4) is 11.5 Å². The fourth-order valence-corrected chi connectivity index (χ4v) is 2.52. The first kappa shape index (κ1) is 18.5. The Morgan fingerprint density at radius 1 is 1.11 bits per heavy atom. The van der Waals surface area contributed by atoms with Crippen LogP contribution >= 0.6 is 0 Å². The van der Waals surface area contributed by atoms with E-state index in [9.17, 15) is 4.79 Å². The number of anilines is 1. The van der Waals surface area contributed by atoms with Crippen LogP contribution in [0.1, 0.15) is 18.1 Å². The van der Waals surface area contributed by atoms with Crippen molar-refractivity contribution in [2.45, 2.75) is 27.0 Å². The number of hydrogen-bond acceptors (Lipinski definition) is 4. The molecule has 1 N–H and O–H groups in total. The van der Waals surface area contributed by atoms with E-state index < -0.39 is 0 Å². The second kappa shape index (κ2) is 8.89. The summed E-state index contributed by atoms with van der Waals surface area (Å²) in [7, 11) is 0. The normalized spacial score (nSPS) is 10.4. The first-order chi connectivity index (χ1) is 13.1. The second-order valence-corrected chi connectivity index (χ2v) is 6.14. The molecule has 2 aromatic carbocycles. The summed E-state index contributed by atoms with van der Waals surface area (Å²) in [5.41, 5.74) is 2.85. The topological polar surface area (TPSA) is 65.4 Å². The Labute approximate surface area is 158 Å². The molecular formula is C21H23N3O3. The van der Waals surface area contributed by atoms with Gasteiger partial charge in [0.15, 0.2) is 13.3 Å². The maximum absolute atomic E-state index is 12.0. The molecule has 0 spiro atoms. The van der Waals surface area contributed by atoms with Crippen molar-refractivity contribution >= 4 is 11.6 Å². The van der Waals surface area contributed by atoms with Gasteiger partial charge in [-0.3, -0.25) is 4.79 Å². The third-order valence-corrected chi connectivity index (χ3v) is 4.06. The molecule has 3 rings (SSSR count). The molecule has 1 aromatic heterocycles. The number of benzene rings is 2. The molecule has 6 heteroatoms. The number of aromatic nitrogens is 2. The van der Waals surface area contributed by atoms with Crippen LogP contribution in [0.2, 0.25) is 0 Å². The van der Waals surface area contributed by atoms with Gasteiger partial charge in [0.25, 0.3) is 5.91 Å². The number of amides is 1. The molecular weight excluding hydrogens is 342 g/mol. The molecule has 1 amide bonds. The molecule has 0 bridgehead atoms. The van der Waals surface area contributed by atoms with E-state index in [1.165, 1.54) is 5.56 Å². The van der Waals surface area contributed by atoms with Gasteiger partial charge in [-0.15, -0.1) is 0 Å². The van der Waals surface area contributed by atoms with Crippen molar-refractivity contribution in [1.82, 2.24) is 9.78 Å². The molecule has 1 heterocycles. The zero-order valence-electron chi connectivity index (χ0n) is 15.5. The van der Waals surface area contributed by atoms with Crippen molar-refractivity contribution in [3.05, 3.63) is 72.1 Å². The summed E-state index contributed by atoms with van der Waals surface area (Å²) >= 11 is 0. The van der Waals surface area contributed by atoms with Gasteiger partial charge in [-0.25, -0.2) is 4.68 Å². The lowest BCUT2D eigenvalue weighted by Gasteiger charge is -2.08. The number of para-hydroxylation sites is 1. The molecule has 27 heavy (non-hydrogen) atoms. The molecule has 0 saturated heterocycles. The van der Waals surface area contributed by atoms with Gasteiger partial charge in [0.1, 0.15) is 11.5 Å². The zero-order chi connectivity index (χ0) is 19.1. The van der Waals surface area contributed by atoms with Gasteiger partial charge in [0.2, 0.25) is 0 Å². The summed E-state index contributed by atoms with van der Waals surface area (Å²) in [5, 5.41) is 6.95. The Bertz CT molecular complexity index is 888. The van der Waals surface area contributed by atoms with Gasteiger partial charge in [-0.05, 0) is 42.7 Å². The third-order valence-electron chi connectivity index (χ3n) is 4.06. The largest absolute Gasteiger partial charge is 0.483 e. The predicted molar refractivity (Wildman–Crippen MR) is 104 cm³/mol. The molecule has 0 aliphatic rings. The van der Waals surface area contributed by atoms with Crippen molar-refractivity contribution in [1.29, 1.82) is 0 Å². The highest BCUT2D eigenvalue weighted by Crippen LogP contribution is 2.16. The molecule has 0 atom stereocenters. The average molecular weight is 365 g/mol. The van der Waals surface area contributed by atoms with Gasteiger partial charge in [0.05, 0.1) is 18.1 Å². The number of aryl methyl sites for hydroxylation is 2. The summed E-state index contributed by atoms with van der Waals surface area (Å²) in [6.07, 6.45) is 4.29. The minimum atomic E-state index is -0.242. The van der Waals surface area contributed by atoms with Crippen LogP contribution in [0.15, 0.2) is 60.9 Å². The number of nitrogens with zero attached hydrogens (tertiary/aromatic N) is 2. The molecule has 0 saturated carbocycles. The highest BCUT2D eigenvalue weighted by atomic mass is 16.5. The van der Waals surface area contributed by atoms with Crippen LogP contribution in [0.25, 0.3) is 0 Å². The van der Waals surface area contributed by atoms with Crippen LogP contribution in [-0.2, 0) is 17.9 Å². The van der Waals surface area contributed by atoms with Gasteiger partial charge in [-0.2, -0.15) is 5.10 Å². The van der Waals surface area contributed by atoms with E-state index in [4.69, 9.17) is 9.47 Å². The Morgan fingerprint density at radius 3 is 2.63 bits per heavy atom. The fourth-order valence-electron chi connectivity index (χ4n) is 2.52. The standard InChI is InChI=1S/C21H23N3O3/c1-3-17-8-10-19(11-9-17)27-15-24-13-18(12-22-24)23-21(25)14-26-20-7-5-4-6-16(20)2/h4-13H,3,14-15H2,1-2H3,(H,23,25). The van der Waals surface area contributed by atoms with Crippen molar-refractivity contribution in [2.24, 2.45) is 0 Å². The number of carbonyl (C=O) groups is 1. The summed E-state index contributed by atoms with van der Waals surface area (Å²) in [6, 6.07) is 15.5. The van der Waals surface area contributed by atoms with Crippen LogP contribution in [0.3, 0.4) is 0 Å². The molecule has 3 aromatic rings. The smallest absolute Gasteiger partial charge is 0.262 e. The van der Waals surface area contributed by atoms with Crippen LogP contribution in [-0.4, -0.2) is 22.3 Å². The zero-order valence-corrected chi connectivity index (χ0v) is 15.5. The Kier molecular flexibility index (Phi) is 6.10. The number of rotatable bonds is 8. The van der Waals surface area contributed by atoms with Crippen LogP contribution < -0.4 is 14.8 Å². The number of ether oxygens (including phenoxy) is 2. The summed E-state index contributed by atoms with van der Waals surface area (Å²) < 4.78 is 12.8. The van der Waals surface area contributed by atoms with Gasteiger partial charge in [-0.1, -0.05) is 37.3 Å². The fraction of sp³-hybridized carbons (Fsp3) is 0.238. The first-order valence-electron chi connectivity index (χ1n) is 8.86. The van der Waals surface area contributed by atoms with Crippen LogP contribution in [0, 0.1) is 6.92 Å². The lowest BCUT2D eigenvalue weighted by molar-refractivity contribution is -0.118. The lowest BCUT2D eigenvalue weighted by Crippen LogP contribution is -2.20. The summed E-state index contributed by atoms with van der Waals surface area (Å²) in [4.78, 5) is 12.0. The monoisotopic (exact) mass is 365 g/mol. The molecule has 0 aliphatic heterocycles.